The van der Waals surface area contributed by atoms with Crippen LogP contribution < -0.4 is 0 Å². The number of hydrogen-bond donors (Lipinski definition) is 0. The number of rotatable bonds is 6. The normalized spacial score (nSPS) is 34.5. The molecule has 16 heteroatoms. The van der Waals surface area contributed by atoms with Crippen molar-refractivity contribution in [2.75, 3.05) is 80.5 Å². The van der Waals surface area contributed by atoms with Crippen molar-refractivity contribution in [3.63, 3.8) is 0 Å². The fraction of sp³-hybridized carbons (Fsp3) is 0.714. The molecule has 2 aromatic carbocycles. The van der Waals surface area contributed by atoms with Crippen LogP contribution in [0.1, 0.15) is 83.8 Å². The number of fused-ring (bicyclic) bond motifs is 5. The zero-order valence-corrected chi connectivity index (χ0v) is 42.2. The van der Waals surface area contributed by atoms with E-state index in [1.165, 1.54) is 49.9 Å². The molecule has 4 saturated carbocycles. The Morgan fingerprint density at radius 3 is 1.51 bits per heavy atom. The molecule has 6 aliphatic rings. The smallest absolute Gasteiger partial charge is 0.302 e. The molecule has 6 fully saturated rings. The summed E-state index contributed by atoms with van der Waals surface area (Å²) < 4.78 is 76.9. The van der Waals surface area contributed by atoms with Crippen LogP contribution in [0.2, 0.25) is 0 Å². The summed E-state index contributed by atoms with van der Waals surface area (Å²) in [5.41, 5.74) is 2.16. The highest BCUT2D eigenvalue weighted by molar-refractivity contribution is 7.86. The van der Waals surface area contributed by atoms with E-state index in [0.29, 0.717) is 35.8 Å². The van der Waals surface area contributed by atoms with E-state index < -0.39 is 20.2 Å². The van der Waals surface area contributed by atoms with E-state index >= 15 is 0 Å². The fourth-order valence-corrected chi connectivity index (χ4v) is 13.7. The highest BCUT2D eigenvalue weighted by atomic mass is 32.2. The number of piperazine rings is 2. The van der Waals surface area contributed by atoms with E-state index in [4.69, 9.17) is 9.47 Å². The van der Waals surface area contributed by atoms with Crippen LogP contribution in [0, 0.1) is 48.3 Å². The van der Waals surface area contributed by atoms with Gasteiger partial charge in [-0.2, -0.15) is 0 Å². The molecule has 0 radical (unpaired) electrons. The molecule has 8 rings (SSSR count). The van der Waals surface area contributed by atoms with Crippen LogP contribution in [0.15, 0.2) is 58.3 Å². The van der Waals surface area contributed by atoms with E-state index in [2.05, 4.69) is 51.8 Å². The number of carbonyl (C=O) groups is 2. The van der Waals surface area contributed by atoms with Gasteiger partial charge in [0.2, 0.25) is 0 Å². The van der Waals surface area contributed by atoms with Crippen molar-refractivity contribution in [1.29, 1.82) is 0 Å². The van der Waals surface area contributed by atoms with Crippen LogP contribution in [-0.4, -0.2) is 161 Å². The van der Waals surface area contributed by atoms with Gasteiger partial charge in [-0.3, -0.25) is 19.4 Å². The van der Waals surface area contributed by atoms with Crippen molar-refractivity contribution in [1.82, 2.24) is 9.80 Å². The Kier molecular flexibility index (Phi) is 15.5. The Hall–Kier alpha value is -2.96. The molecule has 0 amide bonds. The van der Waals surface area contributed by atoms with Gasteiger partial charge in [-0.15, -0.1) is 0 Å². The quantitative estimate of drug-likeness (QED) is 0.205. The van der Waals surface area contributed by atoms with Gasteiger partial charge in [0.15, 0.2) is 0 Å². The highest BCUT2D eigenvalue weighted by Crippen LogP contribution is 2.67. The number of hydrogen-bond acceptors (Lipinski definition) is 12. The van der Waals surface area contributed by atoms with Crippen LogP contribution in [0.25, 0.3) is 0 Å². The standard InChI is InChI=1S/C35H62N4O4.2C7H8O3S/c1-24(40)42-32-21-26-9-10-27-28(35(26,4)23-31(32)37-15-19-39(7,8)20-16-37)11-12-34(3)29(27)22-30(33(34)43-25(2)41)36-13-17-38(5,6)18-14-36;2*1-6-2-4-7(5-3-6)11(8,9)10/h26-33H,9-23H2,1-8H3;2*2-5H,1H3,(H,8,9,10)/q+2;;/p-2/t26?,27?,28?,29?,30-,31-,32-,33-,34+,35+;;/m1../s1. The maximum Gasteiger partial charge on any atom is 0.302 e. The second-order valence-corrected chi connectivity index (χ2v) is 24.8. The third kappa shape index (κ3) is 12.0. The van der Waals surface area contributed by atoms with Gasteiger partial charge in [0.1, 0.15) is 32.4 Å². The number of likely N-dealkylation sites (N-methyl/N-ethyl adjacent to an activating group) is 2. The van der Waals surface area contributed by atoms with Crippen molar-refractivity contribution in [3.05, 3.63) is 59.7 Å². The molecule has 2 saturated heterocycles. The molecule has 0 N–H and O–H groups in total. The third-order valence-corrected chi connectivity index (χ3v) is 18.4. The minimum absolute atomic E-state index is 0.00234. The fourth-order valence-electron chi connectivity index (χ4n) is 12.8. The molecule has 2 aromatic rings. The minimum atomic E-state index is -4.27. The molecule has 0 bridgehead atoms. The lowest BCUT2D eigenvalue weighted by Crippen LogP contribution is -2.64. The van der Waals surface area contributed by atoms with Crippen molar-refractivity contribution in [2.45, 2.75) is 121 Å². The number of nitrogens with zero attached hydrogens (tertiary/aromatic N) is 4. The zero-order valence-electron chi connectivity index (χ0n) is 40.5. The molecule has 4 aliphatic carbocycles. The largest absolute Gasteiger partial charge is 0.744 e. The van der Waals surface area contributed by atoms with Crippen LogP contribution in [0.5, 0.6) is 0 Å². The summed E-state index contributed by atoms with van der Waals surface area (Å²) in [5.74, 6) is 2.35. The van der Waals surface area contributed by atoms with E-state index in [1.54, 1.807) is 38.1 Å². The molecule has 2 aliphatic heterocycles. The summed E-state index contributed by atoms with van der Waals surface area (Å²) in [5, 5.41) is 0. The lowest BCUT2D eigenvalue weighted by Gasteiger charge is -2.62. The van der Waals surface area contributed by atoms with Gasteiger partial charge >= 0.3 is 11.9 Å². The average molecular weight is 945 g/mol. The number of ether oxygens (including phenoxy) is 2. The van der Waals surface area contributed by atoms with E-state index in [-0.39, 0.29) is 44.8 Å². The molecule has 65 heavy (non-hydrogen) atoms. The molecular formula is C49H76N4O10S2. The van der Waals surface area contributed by atoms with Gasteiger partial charge in [0.05, 0.1) is 64.2 Å². The Bertz CT molecular complexity index is 2130. The summed E-state index contributed by atoms with van der Waals surface area (Å²) in [7, 11) is 0.821. The lowest BCUT2D eigenvalue weighted by atomic mass is 9.44. The van der Waals surface area contributed by atoms with Crippen molar-refractivity contribution < 1.29 is 54.0 Å². The van der Waals surface area contributed by atoms with Gasteiger partial charge in [-0.1, -0.05) is 49.2 Å². The second kappa shape index (κ2) is 19.6. The van der Waals surface area contributed by atoms with E-state index in [1.807, 2.05) is 13.8 Å². The first-order valence-electron chi connectivity index (χ1n) is 23.6. The number of quaternary nitrogens is 2. The number of carbonyl (C=O) groups excluding carboxylic acids is 2. The van der Waals surface area contributed by atoms with E-state index in [9.17, 15) is 35.5 Å². The molecule has 14 nitrogen and oxygen atoms in total. The number of esters is 2. The third-order valence-electron chi connectivity index (χ3n) is 16.7. The predicted octanol–water partition coefficient (Wildman–Crippen LogP) is 5.43. The van der Waals surface area contributed by atoms with Crippen LogP contribution in [0.3, 0.4) is 0 Å². The topological polar surface area (TPSA) is 173 Å². The van der Waals surface area contributed by atoms with Gasteiger partial charge < -0.3 is 27.5 Å². The van der Waals surface area contributed by atoms with Crippen molar-refractivity contribution in [3.8, 4) is 0 Å². The van der Waals surface area contributed by atoms with Crippen LogP contribution in [0.4, 0.5) is 0 Å². The molecule has 4 unspecified atom stereocenters. The SMILES string of the molecule is CC(=O)O[C@@H]1[C@H](N2CC[N+](C)(C)CC2)CC2C3CCC4C[C@@H](OC(C)=O)[C@H](N5CC[N+](C)(C)CC5)C[C@]4(C)C3CC[C@@]21C.Cc1ccc(S(=O)(=O)[O-])cc1.Cc1ccc(S(=O)(=O)[O-])cc1. The first-order chi connectivity index (χ1) is 30.1. The van der Waals surface area contributed by atoms with Gasteiger partial charge in [-0.05, 0) is 112 Å². The van der Waals surface area contributed by atoms with E-state index in [0.717, 1.165) is 91.7 Å². The van der Waals surface area contributed by atoms with Gasteiger partial charge in [0.25, 0.3) is 0 Å². The maximum atomic E-state index is 12.5. The van der Waals surface area contributed by atoms with Crippen molar-refractivity contribution >= 4 is 32.2 Å². The number of benzene rings is 2. The molecule has 10 atom stereocenters. The monoisotopic (exact) mass is 945 g/mol. The van der Waals surface area contributed by atoms with Crippen LogP contribution >= 0.6 is 0 Å². The first-order valence-corrected chi connectivity index (χ1v) is 26.5. The highest BCUT2D eigenvalue weighted by Gasteiger charge is 2.65. The zero-order chi connectivity index (χ0) is 47.9. The predicted molar refractivity (Wildman–Crippen MR) is 246 cm³/mol. The second-order valence-electron chi connectivity index (χ2n) is 22.1. The Balaban J connectivity index is 0.000000259. The maximum absolute atomic E-state index is 12.5. The lowest BCUT2D eigenvalue weighted by molar-refractivity contribution is -0.894. The van der Waals surface area contributed by atoms with Crippen molar-refractivity contribution in [2.24, 2.45) is 34.5 Å². The first kappa shape index (κ1) is 51.4. The average Bonchev–Trinajstić information content (AvgIpc) is 3.49. The summed E-state index contributed by atoms with van der Waals surface area (Å²) in [6.45, 7) is 20.9. The summed E-state index contributed by atoms with van der Waals surface area (Å²) in [6, 6.07) is 12.2. The number of aryl methyl sites for hydroxylation is 2. The molecular weight excluding hydrogens is 869 g/mol. The van der Waals surface area contributed by atoms with Gasteiger partial charge in [-0.25, -0.2) is 16.8 Å². The Labute approximate surface area is 389 Å². The summed E-state index contributed by atoms with van der Waals surface area (Å²) in [6.07, 6.45) is 8.22. The van der Waals surface area contributed by atoms with Crippen LogP contribution in [-0.2, 0) is 39.3 Å². The summed E-state index contributed by atoms with van der Waals surface area (Å²) >= 11 is 0. The molecule has 0 aromatic heterocycles. The minimum Gasteiger partial charge on any atom is -0.744 e. The molecule has 2 heterocycles. The van der Waals surface area contributed by atoms with Gasteiger partial charge in [0, 0.05) is 57.5 Å². The Morgan fingerprint density at radius 2 is 1.08 bits per heavy atom. The molecule has 0 spiro atoms. The Morgan fingerprint density at radius 1 is 0.631 bits per heavy atom. The summed E-state index contributed by atoms with van der Waals surface area (Å²) in [4.78, 5) is 29.8. The molecule has 364 valence electrons.